The molecule has 220 valence electrons. The summed E-state index contributed by atoms with van der Waals surface area (Å²) in [5.74, 6) is 2.05. The fourth-order valence-electron chi connectivity index (χ4n) is 5.28. The van der Waals surface area contributed by atoms with Crippen molar-refractivity contribution in [3.8, 4) is 23.0 Å². The summed E-state index contributed by atoms with van der Waals surface area (Å²) in [5.41, 5.74) is 4.33. The fraction of sp³-hybridized carbons (Fsp3) is 0.394. The summed E-state index contributed by atoms with van der Waals surface area (Å²) in [5, 5.41) is 11.5. The smallest absolute Gasteiger partial charge is 0.311 e. The molecule has 0 aliphatic carbocycles. The van der Waals surface area contributed by atoms with Crippen molar-refractivity contribution in [3.63, 3.8) is 0 Å². The molecule has 1 amide bonds. The Morgan fingerprint density at radius 3 is 2.40 bits per heavy atom. The lowest BCUT2D eigenvalue weighted by molar-refractivity contribution is -0.385. The number of carbonyl (C=O) groups excluding carboxylic acids is 1. The van der Waals surface area contributed by atoms with Crippen molar-refractivity contribution in [2.75, 3.05) is 19.8 Å². The highest BCUT2D eigenvalue weighted by atomic mass is 16.6. The molecule has 0 unspecified atom stereocenters. The van der Waals surface area contributed by atoms with E-state index in [2.05, 4.69) is 4.99 Å². The molecule has 0 radical (unpaired) electrons. The number of nitro groups is 1. The van der Waals surface area contributed by atoms with Gasteiger partial charge in [0, 0.05) is 31.0 Å². The number of nitrogens with zero attached hydrogens (tertiary/aromatic N) is 3. The van der Waals surface area contributed by atoms with Crippen LogP contribution >= 0.6 is 0 Å². The number of unbranched alkanes of at least 4 members (excludes halogenated alkanes) is 3. The number of hydrogen-bond acceptors (Lipinski definition) is 7. The van der Waals surface area contributed by atoms with Gasteiger partial charge in [0.15, 0.2) is 0 Å². The Bertz CT molecular complexity index is 1500. The zero-order valence-electron chi connectivity index (χ0n) is 24.4. The van der Waals surface area contributed by atoms with E-state index >= 15 is 0 Å². The SMILES string of the molecule is Cc1ccc(Oc2cc(OCCCCCCOc3cc4c(cc3C)C(=O)N3CCC[C@H]3C=N4)ccc2[N+](=O)[O-])cc1C. The summed E-state index contributed by atoms with van der Waals surface area (Å²) in [6.07, 6.45) is 7.55. The largest absolute Gasteiger partial charge is 0.493 e. The van der Waals surface area contributed by atoms with E-state index in [4.69, 9.17) is 14.2 Å². The third-order valence-electron chi connectivity index (χ3n) is 7.87. The molecule has 3 aromatic carbocycles. The highest BCUT2D eigenvalue weighted by Crippen LogP contribution is 2.36. The molecule has 0 aromatic heterocycles. The summed E-state index contributed by atoms with van der Waals surface area (Å²) >= 11 is 0. The molecule has 5 rings (SSSR count). The third-order valence-corrected chi connectivity index (χ3v) is 7.87. The molecule has 2 aliphatic heterocycles. The van der Waals surface area contributed by atoms with E-state index in [1.165, 1.54) is 6.07 Å². The monoisotopic (exact) mass is 571 g/mol. The van der Waals surface area contributed by atoms with Crippen LogP contribution in [0.2, 0.25) is 0 Å². The molecule has 0 saturated carbocycles. The second-order valence-electron chi connectivity index (χ2n) is 11.0. The van der Waals surface area contributed by atoms with Gasteiger partial charge in [0.05, 0.1) is 35.4 Å². The van der Waals surface area contributed by atoms with Crippen molar-refractivity contribution < 1.29 is 23.9 Å². The predicted molar refractivity (Wildman–Crippen MR) is 162 cm³/mol. The van der Waals surface area contributed by atoms with Gasteiger partial charge in [0.2, 0.25) is 5.75 Å². The minimum Gasteiger partial charge on any atom is -0.493 e. The first-order valence-corrected chi connectivity index (χ1v) is 14.6. The molecule has 9 nitrogen and oxygen atoms in total. The van der Waals surface area contributed by atoms with E-state index in [1.54, 1.807) is 18.2 Å². The highest BCUT2D eigenvalue weighted by molar-refractivity contribution is 6.03. The second-order valence-corrected chi connectivity index (χ2v) is 11.0. The van der Waals surface area contributed by atoms with Gasteiger partial charge in [-0.1, -0.05) is 6.07 Å². The maximum Gasteiger partial charge on any atom is 0.311 e. The van der Waals surface area contributed by atoms with Gasteiger partial charge in [-0.3, -0.25) is 19.9 Å². The number of fused-ring (bicyclic) bond motifs is 2. The van der Waals surface area contributed by atoms with E-state index in [9.17, 15) is 14.9 Å². The number of benzene rings is 3. The molecule has 2 heterocycles. The molecular weight excluding hydrogens is 534 g/mol. The number of amides is 1. The molecule has 0 bridgehead atoms. The molecule has 3 aromatic rings. The Hall–Kier alpha value is -4.40. The lowest BCUT2D eigenvalue weighted by atomic mass is 10.1. The number of nitro benzene ring substituents is 1. The minimum atomic E-state index is -0.454. The van der Waals surface area contributed by atoms with E-state index in [0.29, 0.717) is 36.0 Å². The first-order valence-electron chi connectivity index (χ1n) is 14.6. The number of ether oxygens (including phenoxy) is 3. The van der Waals surface area contributed by atoms with Crippen LogP contribution in [0.5, 0.6) is 23.0 Å². The molecule has 2 aliphatic rings. The minimum absolute atomic E-state index is 0.0562. The summed E-state index contributed by atoms with van der Waals surface area (Å²) in [6, 6.07) is 14.1. The number of aryl methyl sites for hydroxylation is 3. The van der Waals surface area contributed by atoms with Crippen LogP contribution in [-0.2, 0) is 0 Å². The molecule has 42 heavy (non-hydrogen) atoms. The van der Waals surface area contributed by atoms with Crippen molar-refractivity contribution in [3.05, 3.63) is 80.9 Å². The van der Waals surface area contributed by atoms with E-state index in [-0.39, 0.29) is 23.4 Å². The van der Waals surface area contributed by atoms with E-state index < -0.39 is 4.92 Å². The molecule has 1 saturated heterocycles. The number of rotatable bonds is 12. The first kappa shape index (κ1) is 29.1. The first-order chi connectivity index (χ1) is 20.3. The Balaban J connectivity index is 1.06. The van der Waals surface area contributed by atoms with E-state index in [1.807, 2.05) is 56.2 Å². The maximum atomic E-state index is 13.0. The Labute approximate surface area is 246 Å². The Morgan fingerprint density at radius 2 is 1.64 bits per heavy atom. The fourth-order valence-corrected chi connectivity index (χ4v) is 5.28. The van der Waals surface area contributed by atoms with Gasteiger partial charge >= 0.3 is 5.69 Å². The second kappa shape index (κ2) is 13.1. The molecule has 0 spiro atoms. The Morgan fingerprint density at radius 1 is 0.881 bits per heavy atom. The summed E-state index contributed by atoms with van der Waals surface area (Å²) < 4.78 is 17.8. The van der Waals surface area contributed by atoms with Crippen LogP contribution < -0.4 is 14.2 Å². The number of aliphatic imine (C=N–C) groups is 1. The van der Waals surface area contributed by atoms with Crippen molar-refractivity contribution in [2.45, 2.75) is 65.3 Å². The van der Waals surface area contributed by atoms with Crippen molar-refractivity contribution >= 4 is 23.5 Å². The quantitative estimate of drug-likeness (QED) is 0.126. The van der Waals surface area contributed by atoms with Crippen LogP contribution in [0.3, 0.4) is 0 Å². The van der Waals surface area contributed by atoms with Gasteiger partial charge in [-0.2, -0.15) is 0 Å². The summed E-state index contributed by atoms with van der Waals surface area (Å²) in [7, 11) is 0. The highest BCUT2D eigenvalue weighted by Gasteiger charge is 2.32. The van der Waals surface area contributed by atoms with Gasteiger partial charge in [-0.05, 0) is 100 Å². The predicted octanol–water partition coefficient (Wildman–Crippen LogP) is 7.65. The van der Waals surface area contributed by atoms with Crippen LogP contribution in [0.15, 0.2) is 53.5 Å². The van der Waals surface area contributed by atoms with Crippen LogP contribution in [0.1, 0.15) is 65.6 Å². The van der Waals surface area contributed by atoms with Crippen LogP contribution in [0.25, 0.3) is 0 Å². The zero-order chi connectivity index (χ0) is 29.6. The topological polar surface area (TPSA) is 104 Å². The average Bonchev–Trinajstić information content (AvgIpc) is 3.40. The third kappa shape index (κ3) is 6.73. The molecule has 1 fully saturated rings. The van der Waals surface area contributed by atoms with E-state index in [0.717, 1.165) is 67.5 Å². The maximum absolute atomic E-state index is 13.0. The van der Waals surface area contributed by atoms with Gasteiger partial charge in [-0.25, -0.2) is 0 Å². The van der Waals surface area contributed by atoms with Gasteiger partial charge in [-0.15, -0.1) is 0 Å². The number of carbonyl (C=O) groups is 1. The van der Waals surface area contributed by atoms with Crippen molar-refractivity contribution in [1.82, 2.24) is 4.90 Å². The molecule has 9 heteroatoms. The lowest BCUT2D eigenvalue weighted by Crippen LogP contribution is -2.35. The van der Waals surface area contributed by atoms with Crippen molar-refractivity contribution in [1.29, 1.82) is 0 Å². The Kier molecular flexibility index (Phi) is 9.05. The zero-order valence-corrected chi connectivity index (χ0v) is 24.4. The average molecular weight is 572 g/mol. The lowest BCUT2D eigenvalue weighted by Gasteiger charge is -2.20. The summed E-state index contributed by atoms with van der Waals surface area (Å²) in [6.45, 7) is 7.80. The molecule has 1 atom stereocenters. The molecular formula is C33H37N3O6. The number of hydrogen-bond donors (Lipinski definition) is 0. The standard InChI is InChI=1S/C33H37N3O6/c1-22-10-11-27(17-23(22)2)42-32-19-26(12-13-30(32)36(38)39)40-15-6-4-5-7-16-41-31-20-29-28(18-24(31)3)33(37)35-14-8-9-25(35)21-34-29/h10-13,17-21,25H,4-9,14-16H2,1-3H3/t25-/m0/s1. The van der Waals surface area contributed by atoms with Gasteiger partial charge in [0.25, 0.3) is 5.91 Å². The van der Waals surface area contributed by atoms with Gasteiger partial charge < -0.3 is 19.1 Å². The van der Waals surface area contributed by atoms with Crippen molar-refractivity contribution in [2.24, 2.45) is 4.99 Å². The van der Waals surface area contributed by atoms with Gasteiger partial charge in [0.1, 0.15) is 17.2 Å². The normalized spacial score (nSPS) is 15.6. The molecule has 0 N–H and O–H groups in total. The summed E-state index contributed by atoms with van der Waals surface area (Å²) in [4.78, 5) is 30.6. The van der Waals surface area contributed by atoms with Crippen LogP contribution in [0.4, 0.5) is 11.4 Å². The van der Waals surface area contributed by atoms with Crippen LogP contribution in [-0.4, -0.2) is 47.7 Å². The van der Waals surface area contributed by atoms with Crippen LogP contribution in [0, 0.1) is 30.9 Å².